The van der Waals surface area contributed by atoms with Crippen LogP contribution in [0.1, 0.15) is 30.7 Å². The molecule has 1 aliphatic heterocycles. The third-order valence-electron chi connectivity index (χ3n) is 4.88. The third kappa shape index (κ3) is 5.36. The van der Waals surface area contributed by atoms with Gasteiger partial charge in [-0.1, -0.05) is 30.3 Å². The molecule has 0 unspecified atom stereocenters. The summed E-state index contributed by atoms with van der Waals surface area (Å²) in [5.74, 6) is 0.0277. The zero-order chi connectivity index (χ0) is 19.3. The molecule has 1 aromatic heterocycles. The van der Waals surface area contributed by atoms with Crippen LogP contribution in [0.4, 0.5) is 0 Å². The van der Waals surface area contributed by atoms with Gasteiger partial charge in [0.2, 0.25) is 15.9 Å². The Bertz CT molecular complexity index is 839. The summed E-state index contributed by atoms with van der Waals surface area (Å²) in [7, 11) is -3.28. The number of hydrogen-bond donors (Lipinski definition) is 1. The van der Waals surface area contributed by atoms with Crippen LogP contribution in [0.15, 0.2) is 43.0 Å². The molecular formula is C18H25N5O3S. The van der Waals surface area contributed by atoms with Gasteiger partial charge in [0.05, 0.1) is 6.26 Å². The van der Waals surface area contributed by atoms with E-state index in [2.05, 4.69) is 15.4 Å². The molecule has 0 aliphatic carbocycles. The lowest BCUT2D eigenvalue weighted by Crippen LogP contribution is -2.52. The second-order valence-electron chi connectivity index (χ2n) is 6.86. The van der Waals surface area contributed by atoms with Crippen molar-refractivity contribution in [3.05, 3.63) is 48.5 Å². The van der Waals surface area contributed by atoms with Gasteiger partial charge >= 0.3 is 0 Å². The molecule has 8 nitrogen and oxygen atoms in total. The Labute approximate surface area is 159 Å². The molecule has 1 fully saturated rings. The Morgan fingerprint density at radius 2 is 2.07 bits per heavy atom. The van der Waals surface area contributed by atoms with Gasteiger partial charge in [-0.3, -0.25) is 9.48 Å². The highest BCUT2D eigenvalue weighted by atomic mass is 32.2. The quantitative estimate of drug-likeness (QED) is 0.759. The SMILES string of the molecule is CS(=O)(=O)N1CC[C@@H](c2ccccc2)[C@@H](NC(=O)CCCn2cncn2)C1. The number of benzene rings is 1. The molecule has 1 aromatic carbocycles. The minimum absolute atomic E-state index is 0.0728. The summed E-state index contributed by atoms with van der Waals surface area (Å²) in [6, 6.07) is 9.71. The van der Waals surface area contributed by atoms with Gasteiger partial charge in [-0.05, 0) is 18.4 Å². The summed E-state index contributed by atoms with van der Waals surface area (Å²) >= 11 is 0. The number of carbonyl (C=O) groups is 1. The van der Waals surface area contributed by atoms with E-state index in [1.807, 2.05) is 30.3 Å². The van der Waals surface area contributed by atoms with Gasteiger partial charge in [0.1, 0.15) is 12.7 Å². The van der Waals surface area contributed by atoms with Crippen LogP contribution in [-0.4, -0.2) is 58.8 Å². The number of rotatable bonds is 7. The van der Waals surface area contributed by atoms with E-state index in [0.29, 0.717) is 38.9 Å². The lowest BCUT2D eigenvalue weighted by Gasteiger charge is -2.38. The highest BCUT2D eigenvalue weighted by Gasteiger charge is 2.34. The molecule has 0 radical (unpaired) electrons. The topological polar surface area (TPSA) is 97.2 Å². The largest absolute Gasteiger partial charge is 0.351 e. The van der Waals surface area contributed by atoms with Crippen LogP contribution in [-0.2, 0) is 21.4 Å². The summed E-state index contributed by atoms with van der Waals surface area (Å²) in [5, 5.41) is 7.08. The van der Waals surface area contributed by atoms with Crippen molar-refractivity contribution >= 4 is 15.9 Å². The van der Waals surface area contributed by atoms with Gasteiger partial charge < -0.3 is 5.32 Å². The minimum atomic E-state index is -3.28. The Hall–Kier alpha value is -2.26. The summed E-state index contributed by atoms with van der Waals surface area (Å²) < 4.78 is 27.1. The summed E-state index contributed by atoms with van der Waals surface area (Å²) in [6.07, 6.45) is 5.99. The van der Waals surface area contributed by atoms with Crippen LogP contribution in [0.5, 0.6) is 0 Å². The minimum Gasteiger partial charge on any atom is -0.351 e. The van der Waals surface area contributed by atoms with Crippen molar-refractivity contribution in [1.29, 1.82) is 0 Å². The van der Waals surface area contributed by atoms with Crippen molar-refractivity contribution in [3.8, 4) is 0 Å². The zero-order valence-electron chi connectivity index (χ0n) is 15.4. The fourth-order valence-electron chi connectivity index (χ4n) is 3.50. The van der Waals surface area contributed by atoms with Crippen LogP contribution in [0.3, 0.4) is 0 Å². The second-order valence-corrected chi connectivity index (χ2v) is 8.85. The van der Waals surface area contributed by atoms with Crippen molar-refractivity contribution in [1.82, 2.24) is 24.4 Å². The molecule has 2 aromatic rings. The van der Waals surface area contributed by atoms with E-state index in [-0.39, 0.29) is 17.9 Å². The molecule has 1 saturated heterocycles. The number of nitrogens with zero attached hydrogens (tertiary/aromatic N) is 4. The van der Waals surface area contributed by atoms with Crippen LogP contribution < -0.4 is 5.32 Å². The Morgan fingerprint density at radius 3 is 2.74 bits per heavy atom. The van der Waals surface area contributed by atoms with Crippen molar-refractivity contribution < 1.29 is 13.2 Å². The average Bonchev–Trinajstić information content (AvgIpc) is 3.15. The first-order valence-electron chi connectivity index (χ1n) is 9.05. The van der Waals surface area contributed by atoms with Gasteiger partial charge in [-0.15, -0.1) is 0 Å². The highest BCUT2D eigenvalue weighted by Crippen LogP contribution is 2.29. The van der Waals surface area contributed by atoms with Crippen molar-refractivity contribution in [2.24, 2.45) is 0 Å². The lowest BCUT2D eigenvalue weighted by atomic mass is 9.86. The van der Waals surface area contributed by atoms with Crippen molar-refractivity contribution in [3.63, 3.8) is 0 Å². The smallest absolute Gasteiger partial charge is 0.220 e. The monoisotopic (exact) mass is 391 g/mol. The van der Waals surface area contributed by atoms with Crippen LogP contribution in [0.2, 0.25) is 0 Å². The van der Waals surface area contributed by atoms with E-state index < -0.39 is 10.0 Å². The third-order valence-corrected chi connectivity index (χ3v) is 6.15. The van der Waals surface area contributed by atoms with Crippen LogP contribution in [0.25, 0.3) is 0 Å². The van der Waals surface area contributed by atoms with Gasteiger partial charge in [-0.2, -0.15) is 5.10 Å². The van der Waals surface area contributed by atoms with Gasteiger partial charge in [-0.25, -0.2) is 17.7 Å². The molecule has 2 atom stereocenters. The van der Waals surface area contributed by atoms with E-state index >= 15 is 0 Å². The summed E-state index contributed by atoms with van der Waals surface area (Å²) in [4.78, 5) is 16.3. The number of piperidine rings is 1. The molecule has 146 valence electrons. The highest BCUT2D eigenvalue weighted by molar-refractivity contribution is 7.88. The van der Waals surface area contributed by atoms with E-state index in [0.717, 1.165) is 5.56 Å². The van der Waals surface area contributed by atoms with Gasteiger partial charge in [0.25, 0.3) is 0 Å². The van der Waals surface area contributed by atoms with E-state index in [9.17, 15) is 13.2 Å². The molecule has 1 amide bonds. The Kier molecular flexibility index (Phi) is 6.22. The maximum absolute atomic E-state index is 12.4. The fraction of sp³-hybridized carbons (Fsp3) is 0.500. The number of sulfonamides is 1. The molecule has 9 heteroatoms. The van der Waals surface area contributed by atoms with Crippen molar-refractivity contribution in [2.75, 3.05) is 19.3 Å². The lowest BCUT2D eigenvalue weighted by molar-refractivity contribution is -0.122. The van der Waals surface area contributed by atoms with E-state index in [1.165, 1.54) is 16.9 Å². The molecule has 27 heavy (non-hydrogen) atoms. The number of amides is 1. The molecular weight excluding hydrogens is 366 g/mol. The average molecular weight is 391 g/mol. The molecule has 1 N–H and O–H groups in total. The number of aromatic nitrogens is 3. The predicted molar refractivity (Wildman–Crippen MR) is 101 cm³/mol. The molecule has 1 aliphatic rings. The standard InChI is InChI=1S/C18H25N5O3S/c1-27(25,26)23-11-9-16(15-6-3-2-4-7-15)17(12-23)21-18(24)8-5-10-22-14-19-13-20-22/h2-4,6-7,13-14,16-17H,5,8-12H2,1H3,(H,21,24)/t16-,17-/m0/s1. The maximum Gasteiger partial charge on any atom is 0.220 e. The van der Waals surface area contributed by atoms with Crippen LogP contribution >= 0.6 is 0 Å². The summed E-state index contributed by atoms with van der Waals surface area (Å²) in [5.41, 5.74) is 1.12. The number of carbonyl (C=O) groups excluding carboxylic acids is 1. The number of hydrogen-bond acceptors (Lipinski definition) is 5. The number of aryl methyl sites for hydroxylation is 1. The normalized spacial score (nSPS) is 21.1. The van der Waals surface area contributed by atoms with Gasteiger partial charge in [0.15, 0.2) is 0 Å². The molecule has 0 saturated carbocycles. The first-order valence-corrected chi connectivity index (χ1v) is 10.9. The first kappa shape index (κ1) is 19.5. The Balaban J connectivity index is 1.64. The molecule has 3 rings (SSSR count). The second kappa shape index (κ2) is 8.62. The van der Waals surface area contributed by atoms with Crippen LogP contribution in [0, 0.1) is 0 Å². The summed E-state index contributed by atoms with van der Waals surface area (Å²) in [6.45, 7) is 1.39. The van der Waals surface area contributed by atoms with E-state index in [1.54, 1.807) is 11.0 Å². The molecule has 0 spiro atoms. The molecule has 2 heterocycles. The van der Waals surface area contributed by atoms with E-state index in [4.69, 9.17) is 0 Å². The maximum atomic E-state index is 12.4. The number of nitrogens with one attached hydrogen (secondary N) is 1. The fourth-order valence-corrected chi connectivity index (χ4v) is 4.37. The molecule has 0 bridgehead atoms. The first-order chi connectivity index (χ1) is 12.9. The Morgan fingerprint density at radius 1 is 1.30 bits per heavy atom. The van der Waals surface area contributed by atoms with Crippen molar-refractivity contribution in [2.45, 2.75) is 37.8 Å². The zero-order valence-corrected chi connectivity index (χ0v) is 16.2. The predicted octanol–water partition coefficient (Wildman–Crippen LogP) is 0.992. The van der Waals surface area contributed by atoms with Gasteiger partial charge in [0, 0.05) is 38.0 Å².